The third kappa shape index (κ3) is 4.76. The maximum atomic E-state index is 13.5. The third-order valence-electron chi connectivity index (χ3n) is 6.81. The van der Waals surface area contributed by atoms with E-state index in [1.165, 1.54) is 11.3 Å². The number of fused-ring (bicyclic) bond motifs is 1. The molecule has 2 N–H and O–H groups in total. The lowest BCUT2D eigenvalue weighted by atomic mass is 10.1. The number of carbonyl (C=O) groups excluding carboxylic acids is 2. The molecular formula is C29H28N6O2. The fourth-order valence-corrected chi connectivity index (χ4v) is 5.04. The van der Waals surface area contributed by atoms with Gasteiger partial charge in [-0.15, -0.1) is 0 Å². The van der Waals surface area contributed by atoms with Crippen molar-refractivity contribution < 1.29 is 9.59 Å². The highest BCUT2D eigenvalue weighted by atomic mass is 16.2. The van der Waals surface area contributed by atoms with E-state index in [4.69, 9.17) is 10.7 Å². The van der Waals surface area contributed by atoms with Gasteiger partial charge >= 0.3 is 0 Å². The number of aromatic nitrogens is 2. The summed E-state index contributed by atoms with van der Waals surface area (Å²) in [6.07, 6.45) is 0. The molecule has 1 aliphatic rings. The van der Waals surface area contributed by atoms with Gasteiger partial charge in [-0.05, 0) is 61.9 Å². The van der Waals surface area contributed by atoms with Crippen LogP contribution < -0.4 is 10.6 Å². The maximum Gasteiger partial charge on any atom is 0.254 e. The van der Waals surface area contributed by atoms with Gasteiger partial charge in [-0.1, -0.05) is 24.3 Å². The molecule has 5 rings (SSSR count). The summed E-state index contributed by atoms with van der Waals surface area (Å²) in [4.78, 5) is 34.3. The second-order valence-corrected chi connectivity index (χ2v) is 9.52. The lowest BCUT2D eigenvalue weighted by Gasteiger charge is -2.41. The normalized spacial score (nSPS) is 15.5. The molecule has 0 saturated carbocycles. The zero-order chi connectivity index (χ0) is 26.1. The molecule has 1 unspecified atom stereocenters. The van der Waals surface area contributed by atoms with Gasteiger partial charge in [0.2, 0.25) is 5.91 Å². The predicted octanol–water partition coefficient (Wildman–Crippen LogP) is 3.72. The number of nitriles is 1. The van der Waals surface area contributed by atoms with Crippen LogP contribution in [0.5, 0.6) is 0 Å². The second-order valence-electron chi connectivity index (χ2n) is 9.52. The number of rotatable bonds is 5. The Bertz CT molecular complexity index is 1550. The van der Waals surface area contributed by atoms with Crippen molar-refractivity contribution in [3.8, 4) is 17.5 Å². The van der Waals surface area contributed by atoms with Crippen LogP contribution >= 0.6 is 0 Å². The SMILES string of the molecule is Cc1cccc(N2CCN(C(=O)c3ccc4c(c3)nc(-c3cccc(C#N)c3)n4CC(N)=O)CC2C)c1. The number of nitrogens with zero attached hydrogens (tertiary/aromatic N) is 5. The zero-order valence-corrected chi connectivity index (χ0v) is 20.9. The minimum atomic E-state index is -0.502. The Kier molecular flexibility index (Phi) is 6.36. The number of nitrogens with two attached hydrogens (primary N) is 1. The Labute approximate surface area is 215 Å². The van der Waals surface area contributed by atoms with Crippen molar-refractivity contribution in [3.63, 3.8) is 0 Å². The number of aryl methyl sites for hydroxylation is 1. The van der Waals surface area contributed by atoms with Gasteiger partial charge in [-0.25, -0.2) is 4.98 Å². The van der Waals surface area contributed by atoms with Crippen molar-refractivity contribution in [3.05, 3.63) is 83.4 Å². The molecule has 3 aromatic carbocycles. The standard InChI is InChI=1S/C29H28N6O2/c1-19-5-3-8-24(13-19)34-12-11-33(17-20(34)2)29(37)23-9-10-26-25(15-23)32-28(35(26)18-27(31)36)22-7-4-6-21(14-22)16-30/h3-10,13-15,20H,11-12,17-18H2,1-2H3,(H2,31,36). The van der Waals surface area contributed by atoms with Gasteiger partial charge in [0, 0.05) is 42.5 Å². The summed E-state index contributed by atoms with van der Waals surface area (Å²) in [5.41, 5.74) is 10.9. The number of anilines is 1. The molecule has 1 atom stereocenters. The monoisotopic (exact) mass is 492 g/mol. The highest BCUT2D eigenvalue weighted by molar-refractivity contribution is 5.98. The van der Waals surface area contributed by atoms with Gasteiger partial charge in [-0.2, -0.15) is 5.26 Å². The number of imidazole rings is 1. The summed E-state index contributed by atoms with van der Waals surface area (Å²) in [6, 6.07) is 23.1. The van der Waals surface area contributed by atoms with Crippen LogP contribution in [0, 0.1) is 18.3 Å². The van der Waals surface area contributed by atoms with Gasteiger partial charge in [0.1, 0.15) is 12.4 Å². The van der Waals surface area contributed by atoms with Gasteiger partial charge in [-0.3, -0.25) is 9.59 Å². The summed E-state index contributed by atoms with van der Waals surface area (Å²) in [5.74, 6) is -0.0244. The molecule has 1 fully saturated rings. The topological polar surface area (TPSA) is 108 Å². The van der Waals surface area contributed by atoms with Crippen LogP contribution in [0.3, 0.4) is 0 Å². The van der Waals surface area contributed by atoms with E-state index >= 15 is 0 Å². The van der Waals surface area contributed by atoms with Gasteiger partial charge < -0.3 is 20.1 Å². The van der Waals surface area contributed by atoms with Crippen LogP contribution in [-0.2, 0) is 11.3 Å². The summed E-state index contributed by atoms with van der Waals surface area (Å²) in [5, 5.41) is 9.30. The van der Waals surface area contributed by atoms with Crippen molar-refractivity contribution in [2.24, 2.45) is 5.73 Å². The molecule has 8 nitrogen and oxygen atoms in total. The molecule has 1 aliphatic heterocycles. The molecule has 0 radical (unpaired) electrons. The van der Waals surface area contributed by atoms with E-state index in [9.17, 15) is 14.9 Å². The number of hydrogen-bond acceptors (Lipinski definition) is 5. The molecule has 37 heavy (non-hydrogen) atoms. The van der Waals surface area contributed by atoms with Crippen LogP contribution in [-0.4, -0.2) is 51.9 Å². The first-order chi connectivity index (χ1) is 17.8. The van der Waals surface area contributed by atoms with E-state index in [-0.39, 0.29) is 18.5 Å². The first-order valence-corrected chi connectivity index (χ1v) is 12.3. The molecule has 2 heterocycles. The van der Waals surface area contributed by atoms with Crippen molar-refractivity contribution in [1.82, 2.24) is 14.5 Å². The highest BCUT2D eigenvalue weighted by Gasteiger charge is 2.28. The molecule has 0 bridgehead atoms. The number of amides is 2. The quantitative estimate of drug-likeness (QED) is 0.457. The average molecular weight is 493 g/mol. The lowest BCUT2D eigenvalue weighted by molar-refractivity contribution is -0.118. The van der Waals surface area contributed by atoms with E-state index in [1.807, 2.05) is 17.0 Å². The highest BCUT2D eigenvalue weighted by Crippen LogP contribution is 2.28. The van der Waals surface area contributed by atoms with E-state index in [2.05, 4.69) is 49.1 Å². The molecule has 4 aromatic rings. The number of carbonyl (C=O) groups is 2. The van der Waals surface area contributed by atoms with Crippen LogP contribution in [0.1, 0.15) is 28.4 Å². The van der Waals surface area contributed by atoms with Gasteiger partial charge in [0.15, 0.2) is 0 Å². The first kappa shape index (κ1) is 24.1. The first-order valence-electron chi connectivity index (χ1n) is 12.3. The maximum absolute atomic E-state index is 13.5. The lowest BCUT2D eigenvalue weighted by Crippen LogP contribution is -2.53. The Hall–Kier alpha value is -4.64. The number of benzene rings is 3. The minimum absolute atomic E-state index is 0.0462. The van der Waals surface area contributed by atoms with Crippen LogP contribution in [0.4, 0.5) is 5.69 Å². The van der Waals surface area contributed by atoms with Crippen molar-refractivity contribution in [2.75, 3.05) is 24.5 Å². The molecule has 1 aromatic heterocycles. The third-order valence-corrected chi connectivity index (χ3v) is 6.81. The largest absolute Gasteiger partial charge is 0.368 e. The molecular weight excluding hydrogens is 464 g/mol. The second kappa shape index (κ2) is 9.78. The fourth-order valence-electron chi connectivity index (χ4n) is 5.04. The summed E-state index contributed by atoms with van der Waals surface area (Å²) in [6.45, 7) is 6.16. The van der Waals surface area contributed by atoms with E-state index in [1.54, 1.807) is 34.9 Å². The Morgan fingerprint density at radius 3 is 2.62 bits per heavy atom. The molecule has 8 heteroatoms. The molecule has 0 spiro atoms. The molecule has 2 amide bonds. The molecule has 186 valence electrons. The molecule has 0 aliphatic carbocycles. The van der Waals surface area contributed by atoms with Crippen LogP contribution in [0.15, 0.2) is 66.7 Å². The van der Waals surface area contributed by atoms with Gasteiger partial charge in [0.25, 0.3) is 5.91 Å². The van der Waals surface area contributed by atoms with Gasteiger partial charge in [0.05, 0.1) is 22.7 Å². The minimum Gasteiger partial charge on any atom is -0.368 e. The number of piperazine rings is 1. The van der Waals surface area contributed by atoms with Crippen molar-refractivity contribution in [1.29, 1.82) is 5.26 Å². The average Bonchev–Trinajstić information content (AvgIpc) is 3.25. The Morgan fingerprint density at radius 1 is 1.08 bits per heavy atom. The predicted molar refractivity (Wildman–Crippen MR) is 143 cm³/mol. The Morgan fingerprint density at radius 2 is 1.89 bits per heavy atom. The van der Waals surface area contributed by atoms with Crippen LogP contribution in [0.2, 0.25) is 0 Å². The van der Waals surface area contributed by atoms with Crippen molar-refractivity contribution >= 4 is 28.5 Å². The summed E-state index contributed by atoms with van der Waals surface area (Å²) < 4.78 is 1.73. The Balaban J connectivity index is 1.43. The fraction of sp³-hybridized carbons (Fsp3) is 0.241. The molecule has 1 saturated heterocycles. The smallest absolute Gasteiger partial charge is 0.254 e. The van der Waals surface area contributed by atoms with Crippen LogP contribution in [0.25, 0.3) is 22.4 Å². The van der Waals surface area contributed by atoms with E-state index in [0.717, 1.165) is 6.54 Å². The summed E-state index contributed by atoms with van der Waals surface area (Å²) in [7, 11) is 0. The number of hydrogen-bond donors (Lipinski definition) is 1. The summed E-state index contributed by atoms with van der Waals surface area (Å²) >= 11 is 0. The van der Waals surface area contributed by atoms with Crippen molar-refractivity contribution in [2.45, 2.75) is 26.4 Å². The zero-order valence-electron chi connectivity index (χ0n) is 20.9. The number of primary amides is 1. The van der Waals surface area contributed by atoms with E-state index in [0.29, 0.717) is 46.6 Å². The van der Waals surface area contributed by atoms with E-state index < -0.39 is 5.91 Å².